The smallest absolute Gasteiger partial charge is 0.255 e. The average Bonchev–Trinajstić information content (AvgIpc) is 2.05. The fraction of sp³-hybridized carbons (Fsp3) is 0.500. The van der Waals surface area contributed by atoms with Gasteiger partial charge in [0.1, 0.15) is 6.61 Å². The van der Waals surface area contributed by atoms with Gasteiger partial charge in [-0.2, -0.15) is 4.39 Å². The van der Waals surface area contributed by atoms with Crippen molar-refractivity contribution in [1.82, 2.24) is 10.3 Å². The van der Waals surface area contributed by atoms with Crippen LogP contribution < -0.4 is 10.1 Å². The molecule has 0 radical (unpaired) electrons. The van der Waals surface area contributed by atoms with E-state index in [0.29, 0.717) is 18.3 Å². The Morgan fingerprint density at radius 2 is 2.43 bits per heavy atom. The summed E-state index contributed by atoms with van der Waals surface area (Å²) in [6.07, 6.45) is 1.10. The first-order chi connectivity index (χ1) is 6.75. The maximum Gasteiger partial charge on any atom is 0.255 e. The highest BCUT2D eigenvalue weighted by molar-refractivity contribution is 5.21. The monoisotopic (exact) mass is 196 g/mol. The van der Waals surface area contributed by atoms with Crippen LogP contribution in [0.1, 0.15) is 12.1 Å². The molecule has 0 aromatic carbocycles. The minimum absolute atomic E-state index is 0.240. The largest absolute Gasteiger partial charge is 0.487 e. The highest BCUT2D eigenvalue weighted by Gasteiger charge is 2.17. The molecule has 0 spiro atoms. The first kappa shape index (κ1) is 9.40. The fourth-order valence-electron chi connectivity index (χ4n) is 1.30. The molecule has 76 valence electrons. The lowest BCUT2D eigenvalue weighted by Crippen LogP contribution is -2.46. The van der Waals surface area contributed by atoms with Crippen molar-refractivity contribution in [2.24, 2.45) is 0 Å². The molecule has 0 bridgehead atoms. The van der Waals surface area contributed by atoms with Crippen LogP contribution >= 0.6 is 0 Å². The van der Waals surface area contributed by atoms with Crippen molar-refractivity contribution >= 4 is 0 Å². The third-order valence-corrected chi connectivity index (χ3v) is 2.32. The van der Waals surface area contributed by atoms with Gasteiger partial charge in [0.25, 0.3) is 5.95 Å². The molecular formula is C10H13FN2O. The quantitative estimate of drug-likeness (QED) is 0.739. The third-order valence-electron chi connectivity index (χ3n) is 2.32. The van der Waals surface area contributed by atoms with Crippen LogP contribution in [0.4, 0.5) is 4.39 Å². The zero-order valence-corrected chi connectivity index (χ0v) is 8.09. The number of hydrogen-bond acceptors (Lipinski definition) is 3. The van der Waals surface area contributed by atoms with Gasteiger partial charge in [-0.15, -0.1) is 0 Å². The maximum absolute atomic E-state index is 13.2. The van der Waals surface area contributed by atoms with Crippen LogP contribution in [0.25, 0.3) is 0 Å². The van der Waals surface area contributed by atoms with Crippen LogP contribution in [0.15, 0.2) is 12.1 Å². The van der Waals surface area contributed by atoms with Crippen molar-refractivity contribution in [3.8, 4) is 5.75 Å². The van der Waals surface area contributed by atoms with Gasteiger partial charge in [-0.1, -0.05) is 0 Å². The maximum atomic E-state index is 13.2. The molecule has 14 heavy (non-hydrogen) atoms. The second kappa shape index (κ2) is 3.92. The molecule has 1 aliphatic rings. The molecule has 2 heterocycles. The van der Waals surface area contributed by atoms with Crippen molar-refractivity contribution in [1.29, 1.82) is 0 Å². The van der Waals surface area contributed by atoms with Crippen LogP contribution in [0.5, 0.6) is 5.75 Å². The predicted molar refractivity (Wildman–Crippen MR) is 50.8 cm³/mol. The number of hydrogen-bond donors (Lipinski definition) is 1. The summed E-state index contributed by atoms with van der Waals surface area (Å²) < 4.78 is 18.5. The van der Waals surface area contributed by atoms with Crippen LogP contribution in [0.2, 0.25) is 0 Å². The van der Waals surface area contributed by atoms with E-state index >= 15 is 0 Å². The van der Waals surface area contributed by atoms with Gasteiger partial charge in [0, 0.05) is 11.7 Å². The normalized spacial score (nSPS) is 20.3. The molecule has 2 rings (SSSR count). The lowest BCUT2D eigenvalue weighted by Gasteiger charge is -2.27. The number of nitrogens with one attached hydrogen (secondary N) is 1. The van der Waals surface area contributed by atoms with Gasteiger partial charge < -0.3 is 10.1 Å². The number of halogens is 1. The van der Waals surface area contributed by atoms with E-state index in [-0.39, 0.29) is 5.75 Å². The highest BCUT2D eigenvalue weighted by atomic mass is 19.1. The number of ether oxygens (including phenoxy) is 1. The van der Waals surface area contributed by atoms with E-state index in [1.165, 1.54) is 0 Å². The van der Waals surface area contributed by atoms with E-state index in [1.807, 2.05) is 0 Å². The van der Waals surface area contributed by atoms with Crippen molar-refractivity contribution in [2.75, 3.05) is 13.2 Å². The van der Waals surface area contributed by atoms with Crippen molar-refractivity contribution in [2.45, 2.75) is 19.4 Å². The zero-order valence-electron chi connectivity index (χ0n) is 8.09. The molecular weight excluding hydrogens is 183 g/mol. The number of rotatable bonds is 3. The number of pyridine rings is 1. The van der Waals surface area contributed by atoms with Crippen LogP contribution in [-0.4, -0.2) is 24.2 Å². The minimum atomic E-state index is -0.524. The highest BCUT2D eigenvalue weighted by Crippen LogP contribution is 2.15. The van der Waals surface area contributed by atoms with Gasteiger partial charge in [-0.05, 0) is 32.0 Å². The van der Waals surface area contributed by atoms with Crippen LogP contribution in [0.3, 0.4) is 0 Å². The number of aryl methyl sites for hydroxylation is 1. The Balaban J connectivity index is 1.94. The Morgan fingerprint density at radius 3 is 3.00 bits per heavy atom. The fourth-order valence-corrected chi connectivity index (χ4v) is 1.30. The summed E-state index contributed by atoms with van der Waals surface area (Å²) in [5, 5.41) is 3.18. The zero-order chi connectivity index (χ0) is 9.97. The van der Waals surface area contributed by atoms with Gasteiger partial charge in [0.05, 0.1) is 0 Å². The van der Waals surface area contributed by atoms with Gasteiger partial charge in [0.15, 0.2) is 5.75 Å². The lowest BCUT2D eigenvalue weighted by molar-refractivity contribution is 0.209. The molecule has 3 nitrogen and oxygen atoms in total. The summed E-state index contributed by atoms with van der Waals surface area (Å²) in [6.45, 7) is 3.30. The standard InChI is InChI=1S/C10H13FN2O/c1-7-2-3-9(10(11)13-7)14-6-8-4-5-12-8/h2-3,8,12H,4-6H2,1H3/t8-/m0/s1. The summed E-state index contributed by atoms with van der Waals surface area (Å²) in [6, 6.07) is 3.74. The van der Waals surface area contributed by atoms with Gasteiger partial charge in [-0.25, -0.2) is 4.98 Å². The summed E-state index contributed by atoms with van der Waals surface area (Å²) in [4.78, 5) is 3.68. The Morgan fingerprint density at radius 1 is 1.64 bits per heavy atom. The summed E-state index contributed by atoms with van der Waals surface area (Å²) in [5.41, 5.74) is 0.664. The van der Waals surface area contributed by atoms with Crippen molar-refractivity contribution in [3.05, 3.63) is 23.8 Å². The van der Waals surface area contributed by atoms with E-state index in [4.69, 9.17) is 4.74 Å². The molecule has 1 aromatic rings. The molecule has 1 saturated heterocycles. The molecule has 0 saturated carbocycles. The van der Waals surface area contributed by atoms with Gasteiger partial charge >= 0.3 is 0 Å². The lowest BCUT2D eigenvalue weighted by atomic mass is 10.1. The van der Waals surface area contributed by atoms with E-state index in [0.717, 1.165) is 13.0 Å². The van der Waals surface area contributed by atoms with E-state index in [1.54, 1.807) is 19.1 Å². The minimum Gasteiger partial charge on any atom is -0.487 e. The molecule has 4 heteroatoms. The van der Waals surface area contributed by atoms with Gasteiger partial charge in [-0.3, -0.25) is 0 Å². The molecule has 1 atom stereocenters. The average molecular weight is 196 g/mol. The van der Waals surface area contributed by atoms with Crippen LogP contribution in [-0.2, 0) is 0 Å². The number of nitrogens with zero attached hydrogens (tertiary/aromatic N) is 1. The molecule has 1 N–H and O–H groups in total. The summed E-state index contributed by atoms with van der Waals surface area (Å²) in [5.74, 6) is -0.284. The molecule has 0 unspecified atom stereocenters. The second-order valence-electron chi connectivity index (χ2n) is 3.49. The third kappa shape index (κ3) is 2.01. The van der Waals surface area contributed by atoms with E-state index in [9.17, 15) is 4.39 Å². The van der Waals surface area contributed by atoms with E-state index < -0.39 is 5.95 Å². The Kier molecular flexibility index (Phi) is 2.63. The molecule has 1 aliphatic heterocycles. The number of aromatic nitrogens is 1. The van der Waals surface area contributed by atoms with Crippen molar-refractivity contribution in [3.63, 3.8) is 0 Å². The SMILES string of the molecule is Cc1ccc(OC[C@@H]2CCN2)c(F)n1. The first-order valence-electron chi connectivity index (χ1n) is 4.75. The summed E-state index contributed by atoms with van der Waals surface area (Å²) >= 11 is 0. The summed E-state index contributed by atoms with van der Waals surface area (Å²) in [7, 11) is 0. The second-order valence-corrected chi connectivity index (χ2v) is 3.49. The topological polar surface area (TPSA) is 34.1 Å². The molecule has 1 fully saturated rings. The Hall–Kier alpha value is -1.16. The van der Waals surface area contributed by atoms with Gasteiger partial charge in [0.2, 0.25) is 0 Å². The molecule has 1 aromatic heterocycles. The Bertz CT molecular complexity index is 326. The Labute approximate surface area is 82.3 Å². The van der Waals surface area contributed by atoms with E-state index in [2.05, 4.69) is 10.3 Å². The van der Waals surface area contributed by atoms with Crippen LogP contribution in [0, 0.1) is 12.9 Å². The molecule has 0 aliphatic carbocycles. The molecule has 0 amide bonds. The first-order valence-corrected chi connectivity index (χ1v) is 4.75. The van der Waals surface area contributed by atoms with Crippen molar-refractivity contribution < 1.29 is 9.13 Å². The predicted octanol–water partition coefficient (Wildman–Crippen LogP) is 1.27.